The number of nitrogens with zero attached hydrogens (tertiary/aromatic N) is 1. The molecule has 88 valence electrons. The predicted molar refractivity (Wildman–Crippen MR) is 61.2 cm³/mol. The zero-order valence-electron chi connectivity index (χ0n) is 9.66. The highest BCUT2D eigenvalue weighted by Gasteiger charge is 2.21. The number of esters is 1. The van der Waals surface area contributed by atoms with E-state index in [9.17, 15) is 4.79 Å². The van der Waals surface area contributed by atoms with Crippen molar-refractivity contribution in [3.05, 3.63) is 23.0 Å². The van der Waals surface area contributed by atoms with Crippen molar-refractivity contribution in [3.63, 3.8) is 0 Å². The van der Waals surface area contributed by atoms with Gasteiger partial charge in [0.25, 0.3) is 0 Å². The number of carbonyl (C=O) groups excluding carboxylic acids is 1. The molecule has 2 heterocycles. The third-order valence-corrected chi connectivity index (χ3v) is 3.05. The van der Waals surface area contributed by atoms with Gasteiger partial charge in [-0.2, -0.15) is 0 Å². The van der Waals surface area contributed by atoms with Gasteiger partial charge in [0.15, 0.2) is 0 Å². The number of hydrogen-bond donors (Lipinski definition) is 1. The van der Waals surface area contributed by atoms with Gasteiger partial charge in [-0.3, -0.25) is 0 Å². The van der Waals surface area contributed by atoms with Crippen molar-refractivity contribution in [2.24, 2.45) is 5.73 Å². The number of carbonyl (C=O) groups is 1. The van der Waals surface area contributed by atoms with Crippen molar-refractivity contribution in [3.8, 4) is 0 Å². The van der Waals surface area contributed by atoms with E-state index in [-0.39, 0.29) is 5.97 Å². The van der Waals surface area contributed by atoms with Gasteiger partial charge in [-0.1, -0.05) is 0 Å². The lowest BCUT2D eigenvalue weighted by molar-refractivity contribution is 0.0512. The minimum Gasteiger partial charge on any atom is -0.461 e. The van der Waals surface area contributed by atoms with Crippen LogP contribution >= 0.6 is 0 Å². The maximum atomic E-state index is 11.8. The van der Waals surface area contributed by atoms with Crippen LogP contribution in [0.2, 0.25) is 0 Å². The van der Waals surface area contributed by atoms with E-state index in [1.54, 1.807) is 0 Å². The molecule has 0 aromatic carbocycles. The maximum absolute atomic E-state index is 11.8. The fraction of sp³-hybridized carbons (Fsp3) is 0.583. The fourth-order valence-corrected chi connectivity index (χ4v) is 2.31. The topological polar surface area (TPSA) is 57.2 Å². The average Bonchev–Trinajstić information content (AvgIpc) is 2.68. The molecule has 2 rings (SSSR count). The van der Waals surface area contributed by atoms with Crippen molar-refractivity contribution >= 4 is 5.97 Å². The lowest BCUT2D eigenvalue weighted by atomic mass is 10.1. The Morgan fingerprint density at radius 1 is 1.56 bits per heavy atom. The second-order valence-electron chi connectivity index (χ2n) is 4.03. The van der Waals surface area contributed by atoms with Crippen LogP contribution in [0.25, 0.3) is 0 Å². The molecule has 2 N–H and O–H groups in total. The van der Waals surface area contributed by atoms with E-state index in [4.69, 9.17) is 10.5 Å². The molecule has 0 radical (unpaired) electrons. The minimum atomic E-state index is -0.231. The summed E-state index contributed by atoms with van der Waals surface area (Å²) in [6.45, 7) is 3.64. The van der Waals surface area contributed by atoms with E-state index in [2.05, 4.69) is 4.57 Å². The Bertz CT molecular complexity index is 396. The Morgan fingerprint density at radius 3 is 3.06 bits per heavy atom. The Balaban J connectivity index is 2.38. The van der Waals surface area contributed by atoms with Crippen LogP contribution in [0.3, 0.4) is 0 Å². The Hall–Kier alpha value is -1.29. The van der Waals surface area contributed by atoms with Crippen molar-refractivity contribution < 1.29 is 9.53 Å². The number of hydrogen-bond acceptors (Lipinski definition) is 3. The average molecular weight is 222 g/mol. The Morgan fingerprint density at radius 2 is 2.38 bits per heavy atom. The van der Waals surface area contributed by atoms with Crippen LogP contribution in [0.1, 0.15) is 41.5 Å². The molecule has 0 atom stereocenters. The molecule has 0 unspecified atom stereocenters. The maximum Gasteiger partial charge on any atom is 0.354 e. The lowest BCUT2D eigenvalue weighted by Gasteiger charge is -2.18. The van der Waals surface area contributed by atoms with E-state index >= 15 is 0 Å². The van der Waals surface area contributed by atoms with Gasteiger partial charge in [0.1, 0.15) is 5.69 Å². The lowest BCUT2D eigenvalue weighted by Crippen LogP contribution is -2.17. The van der Waals surface area contributed by atoms with Crippen LogP contribution in [0.4, 0.5) is 0 Å². The van der Waals surface area contributed by atoms with Gasteiger partial charge in [-0.05, 0) is 37.8 Å². The first kappa shape index (κ1) is 11.2. The third-order valence-electron chi connectivity index (χ3n) is 3.05. The van der Waals surface area contributed by atoms with E-state index in [1.807, 2.05) is 13.0 Å². The molecule has 0 bridgehead atoms. The van der Waals surface area contributed by atoms with Crippen LogP contribution in [0.15, 0.2) is 6.07 Å². The summed E-state index contributed by atoms with van der Waals surface area (Å²) in [4.78, 5) is 11.8. The smallest absolute Gasteiger partial charge is 0.354 e. The Kier molecular flexibility index (Phi) is 3.29. The van der Waals surface area contributed by atoms with E-state index in [0.717, 1.165) is 24.9 Å². The van der Waals surface area contributed by atoms with Gasteiger partial charge < -0.3 is 15.0 Å². The van der Waals surface area contributed by atoms with Gasteiger partial charge in [0.05, 0.1) is 6.61 Å². The fourth-order valence-electron chi connectivity index (χ4n) is 2.31. The number of ether oxygens (including phenoxy) is 1. The summed E-state index contributed by atoms with van der Waals surface area (Å²) in [5.41, 5.74) is 8.66. The highest BCUT2D eigenvalue weighted by atomic mass is 16.5. The second-order valence-corrected chi connectivity index (χ2v) is 4.03. The molecule has 0 amide bonds. The highest BCUT2D eigenvalue weighted by Crippen LogP contribution is 2.23. The molecule has 1 aliphatic rings. The van der Waals surface area contributed by atoms with Gasteiger partial charge >= 0.3 is 5.97 Å². The summed E-state index contributed by atoms with van der Waals surface area (Å²) in [6.07, 6.45) is 3.32. The van der Waals surface area contributed by atoms with Gasteiger partial charge in [0, 0.05) is 18.8 Å². The SMILES string of the molecule is CCOC(=O)c1cc(CN)c2n1CCCC2. The molecule has 0 saturated heterocycles. The predicted octanol–water partition coefficient (Wildman–Crippen LogP) is 1.46. The van der Waals surface area contributed by atoms with E-state index in [0.29, 0.717) is 18.8 Å². The summed E-state index contributed by atoms with van der Waals surface area (Å²) >= 11 is 0. The number of nitrogens with two attached hydrogens (primary N) is 1. The van der Waals surface area contributed by atoms with Gasteiger partial charge in [-0.25, -0.2) is 4.79 Å². The van der Waals surface area contributed by atoms with Crippen LogP contribution < -0.4 is 5.73 Å². The quantitative estimate of drug-likeness (QED) is 0.788. The zero-order chi connectivity index (χ0) is 11.5. The molecule has 0 saturated carbocycles. The standard InChI is InChI=1S/C12H18N2O2/c1-2-16-12(15)11-7-9(8-13)10-5-3-4-6-14(10)11/h7H,2-6,8,13H2,1H3. The molecular weight excluding hydrogens is 204 g/mol. The van der Waals surface area contributed by atoms with Gasteiger partial charge in [-0.15, -0.1) is 0 Å². The van der Waals surface area contributed by atoms with Crippen molar-refractivity contribution in [2.45, 2.75) is 39.3 Å². The van der Waals surface area contributed by atoms with Crippen LogP contribution in [0, 0.1) is 0 Å². The molecule has 1 aromatic heterocycles. The minimum absolute atomic E-state index is 0.231. The van der Waals surface area contributed by atoms with Crippen molar-refractivity contribution in [2.75, 3.05) is 6.61 Å². The molecule has 1 aromatic rings. The first-order valence-corrected chi connectivity index (χ1v) is 5.86. The monoisotopic (exact) mass is 222 g/mol. The first-order chi connectivity index (χ1) is 7.77. The van der Waals surface area contributed by atoms with Crippen LogP contribution in [-0.4, -0.2) is 17.1 Å². The molecule has 16 heavy (non-hydrogen) atoms. The number of fused-ring (bicyclic) bond motifs is 1. The summed E-state index contributed by atoms with van der Waals surface area (Å²) in [5, 5.41) is 0. The summed E-state index contributed by atoms with van der Waals surface area (Å²) in [6, 6.07) is 1.89. The molecule has 4 heteroatoms. The highest BCUT2D eigenvalue weighted by molar-refractivity contribution is 5.88. The molecule has 0 fully saturated rings. The molecule has 0 spiro atoms. The van der Waals surface area contributed by atoms with Crippen molar-refractivity contribution in [1.29, 1.82) is 0 Å². The number of rotatable bonds is 3. The zero-order valence-corrected chi connectivity index (χ0v) is 9.66. The molecular formula is C12H18N2O2. The van der Waals surface area contributed by atoms with E-state index in [1.165, 1.54) is 12.1 Å². The first-order valence-electron chi connectivity index (χ1n) is 5.86. The summed E-state index contributed by atoms with van der Waals surface area (Å²) in [7, 11) is 0. The van der Waals surface area contributed by atoms with E-state index < -0.39 is 0 Å². The molecule has 0 aliphatic carbocycles. The largest absolute Gasteiger partial charge is 0.461 e. The van der Waals surface area contributed by atoms with Gasteiger partial charge in [0.2, 0.25) is 0 Å². The van der Waals surface area contributed by atoms with Crippen LogP contribution in [-0.2, 0) is 24.2 Å². The normalized spacial score (nSPS) is 14.6. The third kappa shape index (κ3) is 1.85. The number of aromatic nitrogens is 1. The van der Waals surface area contributed by atoms with Crippen molar-refractivity contribution in [1.82, 2.24) is 4.57 Å². The van der Waals surface area contributed by atoms with Crippen LogP contribution in [0.5, 0.6) is 0 Å². The molecule has 1 aliphatic heterocycles. The Labute approximate surface area is 95.4 Å². The molecule has 4 nitrogen and oxygen atoms in total. The second kappa shape index (κ2) is 4.70. The summed E-state index contributed by atoms with van der Waals surface area (Å²) in [5.74, 6) is -0.231. The summed E-state index contributed by atoms with van der Waals surface area (Å²) < 4.78 is 7.12.